The van der Waals surface area contributed by atoms with Gasteiger partial charge in [0.2, 0.25) is 0 Å². The molecule has 0 saturated carbocycles. The van der Waals surface area contributed by atoms with Crippen LogP contribution in [-0.4, -0.2) is 38.8 Å². The second-order valence-corrected chi connectivity index (χ2v) is 4.03. The quantitative estimate of drug-likeness (QED) is 0.884. The van der Waals surface area contributed by atoms with Gasteiger partial charge in [0, 0.05) is 30.9 Å². The number of anilines is 1. The Balaban J connectivity index is 0.00000200. The van der Waals surface area contributed by atoms with Crippen LogP contribution in [0.2, 0.25) is 0 Å². The molecule has 0 spiro atoms. The molecule has 0 aromatic heterocycles. The smallest absolute Gasteiger partial charge is 0.254 e. The minimum Gasteiger partial charge on any atom is -0.491 e. The highest BCUT2D eigenvalue weighted by Crippen LogP contribution is 2.25. The molecular formula is C12H15ClF2N2O3. The second kappa shape index (κ2) is 7.37. The first-order chi connectivity index (χ1) is 9.11. The number of carbonyl (C=O) groups is 1. The predicted octanol–water partition coefficient (Wildman–Crippen LogP) is 1.32. The van der Waals surface area contributed by atoms with E-state index in [1.54, 1.807) is 0 Å². The molecule has 112 valence electrons. The Labute approximate surface area is 121 Å². The van der Waals surface area contributed by atoms with Crippen LogP contribution < -0.4 is 15.4 Å². The summed E-state index contributed by atoms with van der Waals surface area (Å²) in [7, 11) is 1.17. The average molecular weight is 309 g/mol. The fourth-order valence-electron chi connectivity index (χ4n) is 1.78. The van der Waals surface area contributed by atoms with Crippen molar-refractivity contribution in [3.05, 3.63) is 23.8 Å². The summed E-state index contributed by atoms with van der Waals surface area (Å²) in [5, 5.41) is 5.39. The third-order valence-electron chi connectivity index (χ3n) is 2.69. The third-order valence-corrected chi connectivity index (χ3v) is 2.69. The highest BCUT2D eigenvalue weighted by molar-refractivity contribution is 5.94. The summed E-state index contributed by atoms with van der Waals surface area (Å²) in [6.07, 6.45) is -0.665. The minimum absolute atomic E-state index is 0. The summed E-state index contributed by atoms with van der Waals surface area (Å²) >= 11 is 0. The number of rotatable bonds is 3. The zero-order valence-corrected chi connectivity index (χ0v) is 11.6. The van der Waals surface area contributed by atoms with Crippen molar-refractivity contribution in [2.75, 3.05) is 32.1 Å². The molecule has 1 aliphatic heterocycles. The van der Waals surface area contributed by atoms with Crippen LogP contribution in [0.4, 0.5) is 14.5 Å². The molecule has 2 rings (SSSR count). The summed E-state index contributed by atoms with van der Waals surface area (Å²) < 4.78 is 36.7. The molecule has 1 heterocycles. The summed E-state index contributed by atoms with van der Waals surface area (Å²) in [5.41, 5.74) is 0.0231. The Kier molecular flexibility index (Phi) is 6.12. The molecule has 1 aromatic rings. The summed E-state index contributed by atoms with van der Waals surface area (Å²) in [6.45, 7) is 1.46. The Hall–Kier alpha value is -1.44. The molecule has 0 unspecified atom stereocenters. The van der Waals surface area contributed by atoms with Gasteiger partial charge < -0.3 is 20.1 Å². The maximum Gasteiger partial charge on any atom is 0.254 e. The summed E-state index contributed by atoms with van der Waals surface area (Å²) in [6, 6.07) is 1.99. The SMILES string of the molecule is COc1c(F)cc(NC(=O)[C@H]2CNCCO2)cc1F.Cl. The molecule has 1 aromatic carbocycles. The lowest BCUT2D eigenvalue weighted by atomic mass is 10.2. The number of morpholine rings is 1. The number of amides is 1. The highest BCUT2D eigenvalue weighted by atomic mass is 35.5. The molecule has 1 saturated heterocycles. The van der Waals surface area contributed by atoms with E-state index in [0.717, 1.165) is 12.1 Å². The van der Waals surface area contributed by atoms with Gasteiger partial charge in [-0.25, -0.2) is 8.78 Å². The first-order valence-electron chi connectivity index (χ1n) is 5.78. The van der Waals surface area contributed by atoms with E-state index in [2.05, 4.69) is 15.4 Å². The monoisotopic (exact) mass is 308 g/mol. The Bertz CT molecular complexity index is 459. The van der Waals surface area contributed by atoms with E-state index < -0.39 is 29.4 Å². The molecule has 1 amide bonds. The van der Waals surface area contributed by atoms with E-state index in [1.165, 1.54) is 7.11 Å². The van der Waals surface area contributed by atoms with E-state index >= 15 is 0 Å². The van der Waals surface area contributed by atoms with Gasteiger partial charge in [-0.15, -0.1) is 12.4 Å². The van der Waals surface area contributed by atoms with Crippen molar-refractivity contribution >= 4 is 24.0 Å². The lowest BCUT2D eigenvalue weighted by Crippen LogP contribution is -2.45. The van der Waals surface area contributed by atoms with Crippen molar-refractivity contribution in [2.45, 2.75) is 6.10 Å². The van der Waals surface area contributed by atoms with Crippen molar-refractivity contribution in [2.24, 2.45) is 0 Å². The number of halogens is 3. The number of hydrogen-bond acceptors (Lipinski definition) is 4. The number of benzene rings is 1. The summed E-state index contributed by atoms with van der Waals surface area (Å²) in [5.74, 6) is -2.68. The van der Waals surface area contributed by atoms with Crippen LogP contribution in [0.25, 0.3) is 0 Å². The van der Waals surface area contributed by atoms with Gasteiger partial charge in [-0.3, -0.25) is 4.79 Å². The van der Waals surface area contributed by atoms with Crippen LogP contribution in [0.15, 0.2) is 12.1 Å². The third kappa shape index (κ3) is 3.78. The molecule has 5 nitrogen and oxygen atoms in total. The zero-order valence-electron chi connectivity index (χ0n) is 10.7. The second-order valence-electron chi connectivity index (χ2n) is 4.03. The largest absolute Gasteiger partial charge is 0.491 e. The minimum atomic E-state index is -0.875. The van der Waals surface area contributed by atoms with Crippen LogP contribution in [0.1, 0.15) is 0 Å². The topological polar surface area (TPSA) is 59.6 Å². The van der Waals surface area contributed by atoms with Gasteiger partial charge in [0.25, 0.3) is 5.91 Å². The van der Waals surface area contributed by atoms with Gasteiger partial charge in [0.15, 0.2) is 17.4 Å². The van der Waals surface area contributed by atoms with E-state index in [9.17, 15) is 13.6 Å². The molecule has 0 aliphatic carbocycles. The molecule has 2 N–H and O–H groups in total. The van der Waals surface area contributed by atoms with Crippen molar-refractivity contribution in [1.82, 2.24) is 5.32 Å². The predicted molar refractivity (Wildman–Crippen MR) is 71.4 cm³/mol. The van der Waals surface area contributed by atoms with Gasteiger partial charge in [0.05, 0.1) is 13.7 Å². The van der Waals surface area contributed by atoms with Crippen molar-refractivity contribution < 1.29 is 23.0 Å². The molecule has 1 aliphatic rings. The van der Waals surface area contributed by atoms with Crippen molar-refractivity contribution in [1.29, 1.82) is 0 Å². The van der Waals surface area contributed by atoms with Crippen LogP contribution in [0, 0.1) is 11.6 Å². The Morgan fingerprint density at radius 2 is 2.10 bits per heavy atom. The van der Waals surface area contributed by atoms with Crippen molar-refractivity contribution in [3.8, 4) is 5.75 Å². The lowest BCUT2D eigenvalue weighted by Gasteiger charge is -2.22. The van der Waals surface area contributed by atoms with Gasteiger partial charge in [-0.05, 0) is 0 Å². The average Bonchev–Trinajstić information content (AvgIpc) is 2.39. The van der Waals surface area contributed by atoms with E-state index in [1.807, 2.05) is 0 Å². The lowest BCUT2D eigenvalue weighted by molar-refractivity contribution is -0.128. The Morgan fingerprint density at radius 1 is 1.45 bits per heavy atom. The standard InChI is InChI=1S/C12H14F2N2O3.ClH/c1-18-11-8(13)4-7(5-9(11)14)16-12(17)10-6-15-2-3-19-10;/h4-5,10,15H,2-3,6H2,1H3,(H,16,17);1H/t10-;/m1./s1. The molecule has 20 heavy (non-hydrogen) atoms. The summed E-state index contributed by atoms with van der Waals surface area (Å²) in [4.78, 5) is 11.8. The fraction of sp³-hybridized carbons (Fsp3) is 0.417. The van der Waals surface area contributed by atoms with Gasteiger partial charge in [-0.1, -0.05) is 0 Å². The first kappa shape index (κ1) is 16.6. The number of methoxy groups -OCH3 is 1. The number of hydrogen-bond donors (Lipinski definition) is 2. The molecule has 0 radical (unpaired) electrons. The van der Waals surface area contributed by atoms with E-state index in [-0.39, 0.29) is 18.1 Å². The number of nitrogens with one attached hydrogen (secondary N) is 2. The molecule has 8 heteroatoms. The van der Waals surface area contributed by atoms with Gasteiger partial charge in [-0.2, -0.15) is 0 Å². The first-order valence-corrected chi connectivity index (χ1v) is 5.78. The normalized spacial score (nSPS) is 18.1. The number of carbonyl (C=O) groups excluding carboxylic acids is 1. The maximum atomic E-state index is 13.4. The van der Waals surface area contributed by atoms with Gasteiger partial charge in [0.1, 0.15) is 6.10 Å². The molecular weight excluding hydrogens is 294 g/mol. The van der Waals surface area contributed by atoms with Crippen LogP contribution in [0.3, 0.4) is 0 Å². The highest BCUT2D eigenvalue weighted by Gasteiger charge is 2.22. The van der Waals surface area contributed by atoms with Crippen LogP contribution in [-0.2, 0) is 9.53 Å². The molecule has 1 atom stereocenters. The van der Waals surface area contributed by atoms with E-state index in [0.29, 0.717) is 19.7 Å². The van der Waals surface area contributed by atoms with Crippen LogP contribution >= 0.6 is 12.4 Å². The number of ether oxygens (including phenoxy) is 2. The van der Waals surface area contributed by atoms with Gasteiger partial charge >= 0.3 is 0 Å². The zero-order chi connectivity index (χ0) is 13.8. The van der Waals surface area contributed by atoms with Crippen LogP contribution in [0.5, 0.6) is 5.75 Å². The van der Waals surface area contributed by atoms with E-state index in [4.69, 9.17) is 4.74 Å². The maximum absolute atomic E-state index is 13.4. The Morgan fingerprint density at radius 3 is 2.60 bits per heavy atom. The molecule has 1 fully saturated rings. The van der Waals surface area contributed by atoms with Crippen molar-refractivity contribution in [3.63, 3.8) is 0 Å². The molecule has 0 bridgehead atoms. The fourth-order valence-corrected chi connectivity index (χ4v) is 1.78.